The fourth-order valence-electron chi connectivity index (χ4n) is 1.75. The third-order valence-corrected chi connectivity index (χ3v) is 3.81. The first kappa shape index (κ1) is 11.3. The van der Waals surface area contributed by atoms with Crippen molar-refractivity contribution < 1.29 is 5.11 Å². The second kappa shape index (κ2) is 5.25. The Morgan fingerprint density at radius 2 is 2.27 bits per heavy atom. The summed E-state index contributed by atoms with van der Waals surface area (Å²) in [5.74, 6) is 0.495. The smallest absolute Gasteiger partial charge is 0.107 e. The maximum absolute atomic E-state index is 9.38. The fourth-order valence-corrected chi connectivity index (χ4v) is 2.82. The molecule has 2 rings (SSSR count). The number of hydrogen-bond acceptors (Lipinski definition) is 4. The average Bonchev–Trinajstić information content (AvgIpc) is 2.69. The van der Waals surface area contributed by atoms with E-state index in [-0.39, 0.29) is 6.10 Å². The summed E-state index contributed by atoms with van der Waals surface area (Å²) in [5, 5.41) is 12.5. The molecule has 1 saturated heterocycles. The van der Waals surface area contributed by atoms with Gasteiger partial charge in [0.2, 0.25) is 0 Å². The number of halogens is 1. The van der Waals surface area contributed by atoms with E-state index in [1.165, 1.54) is 0 Å². The number of thiazole rings is 1. The van der Waals surface area contributed by atoms with E-state index in [4.69, 9.17) is 11.6 Å². The third-order valence-electron chi connectivity index (χ3n) is 2.65. The molecule has 84 valence electrons. The van der Waals surface area contributed by atoms with Crippen molar-refractivity contribution in [1.82, 2.24) is 9.88 Å². The number of aliphatic hydroxyl groups excluding tert-OH is 1. The Hall–Kier alpha value is -0.160. The Labute approximate surface area is 98.7 Å². The van der Waals surface area contributed by atoms with Crippen LogP contribution >= 0.6 is 22.9 Å². The van der Waals surface area contributed by atoms with Gasteiger partial charge in [0.15, 0.2) is 0 Å². The molecule has 0 bridgehead atoms. The maximum Gasteiger partial charge on any atom is 0.107 e. The molecule has 2 heterocycles. The van der Waals surface area contributed by atoms with Crippen molar-refractivity contribution in [2.24, 2.45) is 0 Å². The summed E-state index contributed by atoms with van der Waals surface area (Å²) in [7, 11) is 0. The zero-order valence-electron chi connectivity index (χ0n) is 8.53. The number of nitrogens with zero attached hydrogens (tertiary/aromatic N) is 2. The fraction of sp³-hybridized carbons (Fsp3) is 0.700. The van der Waals surface area contributed by atoms with Crippen LogP contribution in [0.4, 0.5) is 0 Å². The monoisotopic (exact) mass is 246 g/mol. The van der Waals surface area contributed by atoms with Crippen LogP contribution in [0.15, 0.2) is 5.38 Å². The first-order valence-electron chi connectivity index (χ1n) is 5.17. The average molecular weight is 247 g/mol. The van der Waals surface area contributed by atoms with Crippen molar-refractivity contribution in [3.05, 3.63) is 16.1 Å². The molecule has 0 spiro atoms. The van der Waals surface area contributed by atoms with Gasteiger partial charge in [-0.2, -0.15) is 0 Å². The first-order valence-corrected chi connectivity index (χ1v) is 6.59. The van der Waals surface area contributed by atoms with Crippen LogP contribution in [-0.4, -0.2) is 34.2 Å². The van der Waals surface area contributed by atoms with Gasteiger partial charge in [0.25, 0.3) is 0 Å². The van der Waals surface area contributed by atoms with E-state index < -0.39 is 0 Å². The zero-order chi connectivity index (χ0) is 10.7. The highest BCUT2D eigenvalue weighted by Gasteiger charge is 2.17. The molecule has 5 heteroatoms. The molecule has 3 nitrogen and oxygen atoms in total. The zero-order valence-corrected chi connectivity index (χ0v) is 10.1. The molecule has 0 aliphatic carbocycles. The molecule has 0 unspecified atom stereocenters. The lowest BCUT2D eigenvalue weighted by Gasteiger charge is -2.28. The van der Waals surface area contributed by atoms with Crippen LogP contribution in [0.3, 0.4) is 0 Å². The molecule has 0 atom stereocenters. The van der Waals surface area contributed by atoms with Gasteiger partial charge in [0, 0.05) is 18.5 Å². The standard InChI is InChI=1S/C10H15ClN2OS/c11-5-8-7-15-10(12-8)6-13-3-1-9(14)2-4-13/h7,9,14H,1-6H2. The van der Waals surface area contributed by atoms with Crippen LogP contribution < -0.4 is 0 Å². The van der Waals surface area contributed by atoms with Gasteiger partial charge in [-0.3, -0.25) is 4.90 Å². The van der Waals surface area contributed by atoms with Crippen molar-refractivity contribution in [3.8, 4) is 0 Å². The number of piperidine rings is 1. The van der Waals surface area contributed by atoms with Crippen LogP contribution in [0.1, 0.15) is 23.5 Å². The minimum atomic E-state index is -0.101. The van der Waals surface area contributed by atoms with Crippen LogP contribution in [-0.2, 0) is 12.4 Å². The van der Waals surface area contributed by atoms with E-state index in [1.807, 2.05) is 5.38 Å². The molecule has 0 radical (unpaired) electrons. The molecular formula is C10H15ClN2OS. The van der Waals surface area contributed by atoms with Crippen molar-refractivity contribution >= 4 is 22.9 Å². The topological polar surface area (TPSA) is 36.4 Å². The molecule has 1 aliphatic rings. The van der Waals surface area contributed by atoms with E-state index in [9.17, 15) is 5.11 Å². The van der Waals surface area contributed by atoms with Gasteiger partial charge < -0.3 is 5.11 Å². The predicted molar refractivity (Wildman–Crippen MR) is 62.2 cm³/mol. The van der Waals surface area contributed by atoms with E-state index in [0.717, 1.165) is 43.2 Å². The minimum Gasteiger partial charge on any atom is -0.393 e. The number of aromatic nitrogens is 1. The highest BCUT2D eigenvalue weighted by Crippen LogP contribution is 2.17. The maximum atomic E-state index is 9.38. The quantitative estimate of drug-likeness (QED) is 0.827. The second-order valence-electron chi connectivity index (χ2n) is 3.87. The van der Waals surface area contributed by atoms with E-state index in [0.29, 0.717) is 5.88 Å². The Kier molecular flexibility index (Phi) is 3.97. The van der Waals surface area contributed by atoms with Crippen LogP contribution in [0.2, 0.25) is 0 Å². The van der Waals surface area contributed by atoms with Crippen molar-refractivity contribution in [1.29, 1.82) is 0 Å². The SMILES string of the molecule is OC1CCN(Cc2nc(CCl)cs2)CC1. The van der Waals surface area contributed by atoms with Gasteiger partial charge in [-0.15, -0.1) is 22.9 Å². The summed E-state index contributed by atoms with van der Waals surface area (Å²) in [6.07, 6.45) is 1.66. The molecule has 1 N–H and O–H groups in total. The Morgan fingerprint density at radius 1 is 1.53 bits per heavy atom. The van der Waals surface area contributed by atoms with Crippen molar-refractivity contribution in [2.45, 2.75) is 31.4 Å². The number of alkyl halides is 1. The molecule has 1 fully saturated rings. The largest absolute Gasteiger partial charge is 0.393 e. The van der Waals surface area contributed by atoms with Gasteiger partial charge in [-0.25, -0.2) is 4.98 Å². The molecular weight excluding hydrogens is 232 g/mol. The summed E-state index contributed by atoms with van der Waals surface area (Å²) < 4.78 is 0. The van der Waals surface area contributed by atoms with E-state index in [2.05, 4.69) is 9.88 Å². The van der Waals surface area contributed by atoms with Gasteiger partial charge >= 0.3 is 0 Å². The lowest BCUT2D eigenvalue weighted by atomic mass is 10.1. The second-order valence-corrected chi connectivity index (χ2v) is 5.08. The molecule has 15 heavy (non-hydrogen) atoms. The first-order chi connectivity index (χ1) is 7.28. The molecule has 1 aromatic rings. The Bertz CT molecular complexity index is 310. The highest BCUT2D eigenvalue weighted by molar-refractivity contribution is 7.09. The van der Waals surface area contributed by atoms with Gasteiger partial charge in [-0.1, -0.05) is 0 Å². The van der Waals surface area contributed by atoms with Crippen LogP contribution in [0, 0.1) is 0 Å². The molecule has 1 aliphatic heterocycles. The lowest BCUT2D eigenvalue weighted by Crippen LogP contribution is -2.35. The third kappa shape index (κ3) is 3.14. The number of hydrogen-bond donors (Lipinski definition) is 1. The predicted octanol–water partition coefficient (Wildman–Crippen LogP) is 1.84. The van der Waals surface area contributed by atoms with Crippen molar-refractivity contribution in [3.63, 3.8) is 0 Å². The number of aliphatic hydroxyl groups is 1. The number of rotatable bonds is 3. The van der Waals surface area contributed by atoms with E-state index in [1.54, 1.807) is 11.3 Å². The highest BCUT2D eigenvalue weighted by atomic mass is 35.5. The summed E-state index contributed by atoms with van der Waals surface area (Å²) in [6, 6.07) is 0. The summed E-state index contributed by atoms with van der Waals surface area (Å²) >= 11 is 7.37. The Balaban J connectivity index is 1.86. The van der Waals surface area contributed by atoms with Crippen molar-refractivity contribution in [2.75, 3.05) is 13.1 Å². The summed E-state index contributed by atoms with van der Waals surface area (Å²) in [6.45, 7) is 2.84. The molecule has 0 amide bonds. The number of likely N-dealkylation sites (tertiary alicyclic amines) is 1. The van der Waals surface area contributed by atoms with Gasteiger partial charge in [-0.05, 0) is 12.8 Å². The Morgan fingerprint density at radius 3 is 2.87 bits per heavy atom. The normalized spacial score (nSPS) is 19.6. The van der Waals surface area contributed by atoms with Gasteiger partial charge in [0.05, 0.1) is 24.2 Å². The van der Waals surface area contributed by atoms with Crippen LogP contribution in [0.25, 0.3) is 0 Å². The molecule has 1 aromatic heterocycles. The van der Waals surface area contributed by atoms with Crippen LogP contribution in [0.5, 0.6) is 0 Å². The molecule has 0 saturated carbocycles. The summed E-state index contributed by atoms with van der Waals surface area (Å²) in [4.78, 5) is 6.76. The minimum absolute atomic E-state index is 0.101. The van der Waals surface area contributed by atoms with E-state index >= 15 is 0 Å². The molecule has 0 aromatic carbocycles. The van der Waals surface area contributed by atoms with Gasteiger partial charge in [0.1, 0.15) is 5.01 Å². The lowest BCUT2D eigenvalue weighted by molar-refractivity contribution is 0.0792. The summed E-state index contributed by atoms with van der Waals surface area (Å²) in [5.41, 5.74) is 0.966.